The highest BCUT2D eigenvalue weighted by molar-refractivity contribution is 8.03. The van der Waals surface area contributed by atoms with Crippen molar-refractivity contribution in [2.24, 2.45) is 16.6 Å². The third kappa shape index (κ3) is 3.03. The van der Waals surface area contributed by atoms with Gasteiger partial charge in [-0.15, -0.1) is 0 Å². The second-order valence-electron chi connectivity index (χ2n) is 6.50. The molecular formula is C21H14ClN3O2S. The monoisotopic (exact) mass is 407 g/mol. The van der Waals surface area contributed by atoms with Gasteiger partial charge in [0.25, 0.3) is 0 Å². The van der Waals surface area contributed by atoms with Crippen LogP contribution < -0.4 is 5.73 Å². The minimum atomic E-state index is -0.578. The Balaban J connectivity index is 1.92. The van der Waals surface area contributed by atoms with Gasteiger partial charge in [0.1, 0.15) is 5.03 Å². The van der Waals surface area contributed by atoms with Crippen LogP contribution in [0.15, 0.2) is 64.1 Å². The van der Waals surface area contributed by atoms with Crippen molar-refractivity contribution in [3.05, 3.63) is 80.8 Å². The van der Waals surface area contributed by atoms with Crippen molar-refractivity contribution in [2.75, 3.05) is 5.75 Å². The fourth-order valence-corrected chi connectivity index (χ4v) is 4.58. The Kier molecular flexibility index (Phi) is 4.80. The molecule has 1 heterocycles. The summed E-state index contributed by atoms with van der Waals surface area (Å²) in [6.07, 6.45) is 0. The molecule has 138 valence electrons. The fourth-order valence-electron chi connectivity index (χ4n) is 3.69. The number of amides is 1. The molecule has 7 heteroatoms. The predicted molar refractivity (Wildman–Crippen MR) is 109 cm³/mol. The number of benzene rings is 2. The van der Waals surface area contributed by atoms with Crippen molar-refractivity contribution >= 4 is 40.8 Å². The summed E-state index contributed by atoms with van der Waals surface area (Å²) in [7, 11) is 0. The van der Waals surface area contributed by atoms with Crippen molar-refractivity contribution in [3.8, 4) is 6.07 Å². The molecule has 0 fully saturated rings. The van der Waals surface area contributed by atoms with Crippen LogP contribution in [0.25, 0.3) is 0 Å². The van der Waals surface area contributed by atoms with Gasteiger partial charge in [-0.1, -0.05) is 59.8 Å². The maximum atomic E-state index is 13.2. The van der Waals surface area contributed by atoms with Crippen LogP contribution in [0.4, 0.5) is 0 Å². The molecule has 2 aromatic rings. The van der Waals surface area contributed by atoms with E-state index in [1.807, 2.05) is 30.3 Å². The van der Waals surface area contributed by atoms with E-state index in [0.29, 0.717) is 26.9 Å². The maximum absolute atomic E-state index is 13.2. The summed E-state index contributed by atoms with van der Waals surface area (Å²) >= 11 is 7.15. The Morgan fingerprint density at radius 3 is 2.46 bits per heavy atom. The van der Waals surface area contributed by atoms with Gasteiger partial charge in [0, 0.05) is 22.1 Å². The second-order valence-corrected chi connectivity index (χ2v) is 7.90. The highest BCUT2D eigenvalue weighted by atomic mass is 35.5. The van der Waals surface area contributed by atoms with Gasteiger partial charge in [0.2, 0.25) is 5.91 Å². The zero-order valence-electron chi connectivity index (χ0n) is 14.6. The molecule has 5 nitrogen and oxygen atoms in total. The first kappa shape index (κ1) is 18.5. The lowest BCUT2D eigenvalue weighted by molar-refractivity contribution is -0.115. The Hall–Kier alpha value is -2.88. The van der Waals surface area contributed by atoms with E-state index >= 15 is 0 Å². The average molecular weight is 408 g/mol. The van der Waals surface area contributed by atoms with Crippen LogP contribution in [0.2, 0.25) is 5.02 Å². The maximum Gasteiger partial charge on any atom is 0.227 e. The van der Waals surface area contributed by atoms with Crippen LogP contribution in [0.3, 0.4) is 0 Å². The zero-order chi connectivity index (χ0) is 19.8. The predicted octanol–water partition coefficient (Wildman–Crippen LogP) is 3.69. The molecule has 0 saturated heterocycles. The van der Waals surface area contributed by atoms with E-state index < -0.39 is 17.7 Å². The summed E-state index contributed by atoms with van der Waals surface area (Å²) < 4.78 is 0. The Labute approximate surface area is 170 Å². The van der Waals surface area contributed by atoms with Gasteiger partial charge in [0.05, 0.1) is 29.0 Å². The van der Waals surface area contributed by atoms with Crippen molar-refractivity contribution in [3.63, 3.8) is 0 Å². The van der Waals surface area contributed by atoms with Crippen LogP contribution in [-0.4, -0.2) is 23.2 Å². The van der Waals surface area contributed by atoms with Crippen molar-refractivity contribution in [2.45, 2.75) is 5.92 Å². The first-order valence-corrected chi connectivity index (χ1v) is 9.90. The number of hydrogen-bond acceptors (Lipinski definition) is 5. The fraction of sp³-hybridized carbons (Fsp3) is 0.143. The normalized spacial score (nSPS) is 20.3. The summed E-state index contributed by atoms with van der Waals surface area (Å²) in [6, 6.07) is 16.6. The smallest absolute Gasteiger partial charge is 0.227 e. The van der Waals surface area contributed by atoms with Crippen LogP contribution >= 0.6 is 23.4 Å². The number of fused-ring (bicyclic) bond motifs is 3. The molecule has 1 amide bonds. The number of hydrogen-bond donors (Lipinski definition) is 1. The van der Waals surface area contributed by atoms with Gasteiger partial charge >= 0.3 is 0 Å². The molecule has 28 heavy (non-hydrogen) atoms. The molecule has 1 unspecified atom stereocenters. The molecule has 4 rings (SSSR count). The summed E-state index contributed by atoms with van der Waals surface area (Å²) in [4.78, 5) is 29.1. The zero-order valence-corrected chi connectivity index (χ0v) is 16.1. The number of primary amides is 1. The van der Waals surface area contributed by atoms with Gasteiger partial charge in [-0.25, -0.2) is 4.99 Å². The van der Waals surface area contributed by atoms with E-state index in [4.69, 9.17) is 17.3 Å². The highest BCUT2D eigenvalue weighted by Gasteiger charge is 2.46. The topological polar surface area (TPSA) is 96.3 Å². The van der Waals surface area contributed by atoms with E-state index in [-0.39, 0.29) is 11.5 Å². The van der Waals surface area contributed by atoms with E-state index in [1.54, 1.807) is 18.2 Å². The second kappa shape index (κ2) is 7.27. The summed E-state index contributed by atoms with van der Waals surface area (Å²) in [5.41, 5.74) is 8.45. The Morgan fingerprint density at radius 1 is 1.14 bits per heavy atom. The Morgan fingerprint density at radius 2 is 1.82 bits per heavy atom. The van der Waals surface area contributed by atoms with Crippen molar-refractivity contribution in [1.29, 1.82) is 5.26 Å². The Bertz CT molecular complexity index is 1100. The number of carbonyl (C=O) groups excluding carboxylic acids is 2. The van der Waals surface area contributed by atoms with Crippen LogP contribution in [0.1, 0.15) is 27.4 Å². The minimum absolute atomic E-state index is 0.00485. The molecular weight excluding hydrogens is 394 g/mol. The summed E-state index contributed by atoms with van der Waals surface area (Å²) in [5, 5.41) is 10.9. The first-order chi connectivity index (χ1) is 13.5. The van der Waals surface area contributed by atoms with Crippen LogP contribution in [0, 0.1) is 17.2 Å². The molecule has 0 spiro atoms. The molecule has 0 bridgehead atoms. The number of nitrogens with zero attached hydrogens (tertiary/aromatic N) is 2. The minimum Gasteiger partial charge on any atom is -0.369 e. The number of ketones is 1. The third-order valence-electron chi connectivity index (χ3n) is 4.84. The van der Waals surface area contributed by atoms with Gasteiger partial charge in [0.15, 0.2) is 5.78 Å². The van der Waals surface area contributed by atoms with Gasteiger partial charge in [-0.05, 0) is 17.7 Å². The number of nitrogens with two attached hydrogens (primary N) is 1. The van der Waals surface area contributed by atoms with Crippen LogP contribution in [-0.2, 0) is 4.79 Å². The molecule has 2 aliphatic rings. The number of nitriles is 1. The number of thioether (sulfide) groups is 1. The molecule has 1 aliphatic heterocycles. The first-order valence-electron chi connectivity index (χ1n) is 8.54. The van der Waals surface area contributed by atoms with Crippen molar-refractivity contribution in [1.82, 2.24) is 0 Å². The number of allylic oxidation sites excluding steroid dienone is 1. The molecule has 2 atom stereocenters. The average Bonchev–Trinajstić information content (AvgIpc) is 2.98. The highest BCUT2D eigenvalue weighted by Crippen LogP contribution is 2.47. The number of aliphatic imine (C=N–C) groups is 1. The summed E-state index contributed by atoms with van der Waals surface area (Å²) in [5.74, 6) is -1.62. The molecule has 2 N–H and O–H groups in total. The quantitative estimate of drug-likeness (QED) is 0.835. The van der Waals surface area contributed by atoms with E-state index in [1.165, 1.54) is 0 Å². The lowest BCUT2D eigenvalue weighted by Gasteiger charge is -2.28. The number of carbonyl (C=O) groups is 2. The van der Waals surface area contributed by atoms with Gasteiger partial charge in [-0.3, -0.25) is 9.59 Å². The van der Waals surface area contributed by atoms with Crippen molar-refractivity contribution < 1.29 is 9.59 Å². The van der Waals surface area contributed by atoms with Gasteiger partial charge in [-0.2, -0.15) is 5.26 Å². The number of halogens is 1. The van der Waals surface area contributed by atoms with E-state index in [2.05, 4.69) is 11.1 Å². The lowest BCUT2D eigenvalue weighted by atomic mass is 9.77. The van der Waals surface area contributed by atoms with Crippen LogP contribution in [0.5, 0.6) is 0 Å². The number of Topliss-reactive ketones (excluding diaryl/α,β-unsaturated/α-hetero) is 1. The summed E-state index contributed by atoms with van der Waals surface area (Å²) in [6.45, 7) is 0. The van der Waals surface area contributed by atoms with Gasteiger partial charge < -0.3 is 5.73 Å². The third-order valence-corrected chi connectivity index (χ3v) is 6.11. The SMILES string of the molecule is N#CC1=C(SCC(N)=O)N=C2c3ccccc3C(=O)C2[C@H]1c1ccc(Cl)cc1. The molecule has 0 saturated carbocycles. The molecule has 0 aromatic heterocycles. The lowest BCUT2D eigenvalue weighted by Crippen LogP contribution is -2.29. The molecule has 0 radical (unpaired) electrons. The largest absolute Gasteiger partial charge is 0.369 e. The van der Waals surface area contributed by atoms with E-state index in [0.717, 1.165) is 22.9 Å². The molecule has 1 aliphatic carbocycles. The standard InChI is InChI=1S/C21H14ClN3O2S/c22-12-7-5-11(6-8-12)17-15(9-23)21(28-10-16(24)26)25-19-13-3-1-2-4-14(13)20(27)18(17)19/h1-8,17-18H,10H2,(H2,24,26)/t17-,18?/m0/s1. The number of rotatable bonds is 4. The molecule has 2 aromatic carbocycles. The van der Waals surface area contributed by atoms with E-state index in [9.17, 15) is 14.9 Å².